The summed E-state index contributed by atoms with van der Waals surface area (Å²) in [5, 5.41) is 0. The molecular weight excluding hydrogens is 254 g/mol. The van der Waals surface area contributed by atoms with Crippen molar-refractivity contribution in [2.75, 3.05) is 29.4 Å². The topological polar surface area (TPSA) is 66.6 Å². The smallest absolute Gasteiger partial charge is 0.227 e. The zero-order valence-electron chi connectivity index (χ0n) is 12.0. The minimum absolute atomic E-state index is 0.0376. The summed E-state index contributed by atoms with van der Waals surface area (Å²) in [7, 11) is 0. The molecule has 1 heterocycles. The first kappa shape index (κ1) is 14.4. The molecule has 108 valence electrons. The Balaban J connectivity index is 2.14. The van der Waals surface area contributed by atoms with Crippen LogP contribution in [0.25, 0.3) is 0 Å². The number of rotatable bonds is 5. The van der Waals surface area contributed by atoms with Gasteiger partial charge in [0.05, 0.1) is 5.92 Å². The van der Waals surface area contributed by atoms with Crippen LogP contribution in [0.3, 0.4) is 0 Å². The Morgan fingerprint density at radius 3 is 2.35 bits per heavy atom. The maximum absolute atomic E-state index is 11.9. The standard InChI is InChI=1S/C15H21N3O2/c1-3-17(4-2)12-5-7-13(8-6-12)18-10-11(15(16)20)9-14(18)19/h5-8,11H,3-4,9-10H2,1-2H3,(H2,16,20)/t11-/m0/s1. The number of primary amides is 1. The van der Waals surface area contributed by atoms with Gasteiger partial charge in [-0.3, -0.25) is 9.59 Å². The van der Waals surface area contributed by atoms with Crippen LogP contribution >= 0.6 is 0 Å². The van der Waals surface area contributed by atoms with Gasteiger partial charge in [0.15, 0.2) is 0 Å². The molecule has 0 bridgehead atoms. The van der Waals surface area contributed by atoms with E-state index in [1.54, 1.807) is 4.90 Å². The van der Waals surface area contributed by atoms with Crippen molar-refractivity contribution in [1.82, 2.24) is 0 Å². The molecule has 0 saturated carbocycles. The Kier molecular flexibility index (Phi) is 4.27. The summed E-state index contributed by atoms with van der Waals surface area (Å²) in [5.41, 5.74) is 7.24. The third-order valence-corrected chi connectivity index (χ3v) is 3.82. The number of hydrogen-bond acceptors (Lipinski definition) is 3. The number of carbonyl (C=O) groups excluding carboxylic acids is 2. The Labute approximate surface area is 119 Å². The second-order valence-corrected chi connectivity index (χ2v) is 5.00. The summed E-state index contributed by atoms with van der Waals surface area (Å²) in [5.74, 6) is -0.810. The number of benzene rings is 1. The normalized spacial score (nSPS) is 18.4. The van der Waals surface area contributed by atoms with Crippen molar-refractivity contribution in [1.29, 1.82) is 0 Å². The lowest BCUT2D eigenvalue weighted by Gasteiger charge is -2.22. The lowest BCUT2D eigenvalue weighted by atomic mass is 10.1. The second-order valence-electron chi connectivity index (χ2n) is 5.00. The molecule has 1 aromatic rings. The average molecular weight is 275 g/mol. The van der Waals surface area contributed by atoms with E-state index in [0.29, 0.717) is 6.54 Å². The van der Waals surface area contributed by atoms with Crippen LogP contribution in [0.4, 0.5) is 11.4 Å². The molecule has 2 rings (SSSR count). The molecule has 0 aromatic heterocycles. The van der Waals surface area contributed by atoms with Crippen LogP contribution in [-0.4, -0.2) is 31.4 Å². The first-order chi connectivity index (χ1) is 9.56. The molecule has 20 heavy (non-hydrogen) atoms. The molecule has 1 aliphatic rings. The number of anilines is 2. The van der Waals surface area contributed by atoms with Crippen molar-refractivity contribution in [3.8, 4) is 0 Å². The lowest BCUT2D eigenvalue weighted by Crippen LogP contribution is -2.28. The van der Waals surface area contributed by atoms with Crippen molar-refractivity contribution in [3.05, 3.63) is 24.3 Å². The molecule has 5 heteroatoms. The van der Waals surface area contributed by atoms with Crippen LogP contribution < -0.4 is 15.5 Å². The third kappa shape index (κ3) is 2.76. The SMILES string of the molecule is CCN(CC)c1ccc(N2C[C@@H](C(N)=O)CC2=O)cc1. The van der Waals surface area contributed by atoms with Gasteiger partial charge in [-0.2, -0.15) is 0 Å². The van der Waals surface area contributed by atoms with E-state index in [0.717, 1.165) is 24.5 Å². The van der Waals surface area contributed by atoms with E-state index >= 15 is 0 Å². The summed E-state index contributed by atoms with van der Waals surface area (Å²) < 4.78 is 0. The summed E-state index contributed by atoms with van der Waals surface area (Å²) >= 11 is 0. The van der Waals surface area contributed by atoms with Crippen molar-refractivity contribution in [2.24, 2.45) is 11.7 Å². The number of hydrogen-bond donors (Lipinski definition) is 1. The lowest BCUT2D eigenvalue weighted by molar-refractivity contribution is -0.123. The van der Waals surface area contributed by atoms with Crippen LogP contribution in [0.2, 0.25) is 0 Å². The van der Waals surface area contributed by atoms with Crippen LogP contribution in [0.1, 0.15) is 20.3 Å². The van der Waals surface area contributed by atoms with Crippen LogP contribution in [0.15, 0.2) is 24.3 Å². The van der Waals surface area contributed by atoms with Crippen molar-refractivity contribution < 1.29 is 9.59 Å². The van der Waals surface area contributed by atoms with Gasteiger partial charge in [0.1, 0.15) is 0 Å². The van der Waals surface area contributed by atoms with Gasteiger partial charge in [-0.05, 0) is 38.1 Å². The van der Waals surface area contributed by atoms with Crippen molar-refractivity contribution in [3.63, 3.8) is 0 Å². The predicted octanol–water partition coefficient (Wildman–Crippen LogP) is 1.37. The molecule has 1 fully saturated rings. The largest absolute Gasteiger partial charge is 0.372 e. The number of nitrogens with zero attached hydrogens (tertiary/aromatic N) is 2. The molecule has 0 aliphatic carbocycles. The van der Waals surface area contributed by atoms with Crippen molar-refractivity contribution >= 4 is 23.2 Å². The van der Waals surface area contributed by atoms with Gasteiger partial charge in [-0.1, -0.05) is 0 Å². The fourth-order valence-corrected chi connectivity index (χ4v) is 2.58. The predicted molar refractivity (Wildman–Crippen MR) is 79.7 cm³/mol. The van der Waals surface area contributed by atoms with Crippen LogP contribution in [0, 0.1) is 5.92 Å². The number of amides is 2. The molecule has 5 nitrogen and oxygen atoms in total. The van der Waals surface area contributed by atoms with E-state index in [1.165, 1.54) is 0 Å². The highest BCUT2D eigenvalue weighted by molar-refractivity contribution is 6.00. The molecule has 0 unspecified atom stereocenters. The van der Waals surface area contributed by atoms with Gasteiger partial charge in [0.2, 0.25) is 11.8 Å². The molecule has 0 spiro atoms. The Morgan fingerprint density at radius 1 is 1.30 bits per heavy atom. The minimum Gasteiger partial charge on any atom is -0.372 e. The highest BCUT2D eigenvalue weighted by Crippen LogP contribution is 2.27. The summed E-state index contributed by atoms with van der Waals surface area (Å²) in [6.07, 6.45) is 0.215. The number of nitrogens with two attached hydrogens (primary N) is 1. The van der Waals surface area contributed by atoms with E-state index in [4.69, 9.17) is 5.73 Å². The van der Waals surface area contributed by atoms with E-state index < -0.39 is 5.91 Å². The average Bonchev–Trinajstić information content (AvgIpc) is 2.83. The fraction of sp³-hybridized carbons (Fsp3) is 0.467. The molecule has 1 aliphatic heterocycles. The van der Waals surface area contributed by atoms with Gasteiger partial charge in [-0.15, -0.1) is 0 Å². The number of carbonyl (C=O) groups is 2. The summed E-state index contributed by atoms with van der Waals surface area (Å²) in [4.78, 5) is 27.0. The minimum atomic E-state index is -0.402. The van der Waals surface area contributed by atoms with E-state index in [2.05, 4.69) is 18.7 Å². The van der Waals surface area contributed by atoms with Gasteiger partial charge in [0, 0.05) is 37.4 Å². The zero-order valence-corrected chi connectivity index (χ0v) is 12.0. The maximum atomic E-state index is 11.9. The monoisotopic (exact) mass is 275 g/mol. The summed E-state index contributed by atoms with van der Waals surface area (Å²) in [6.45, 7) is 6.50. The first-order valence-electron chi connectivity index (χ1n) is 7.01. The van der Waals surface area contributed by atoms with Gasteiger partial charge in [0.25, 0.3) is 0 Å². The zero-order chi connectivity index (χ0) is 14.7. The molecule has 1 atom stereocenters. The Hall–Kier alpha value is -2.04. The Morgan fingerprint density at radius 2 is 1.90 bits per heavy atom. The van der Waals surface area contributed by atoms with Gasteiger partial charge >= 0.3 is 0 Å². The fourth-order valence-electron chi connectivity index (χ4n) is 2.58. The maximum Gasteiger partial charge on any atom is 0.227 e. The molecule has 1 saturated heterocycles. The third-order valence-electron chi connectivity index (χ3n) is 3.82. The quantitative estimate of drug-likeness (QED) is 0.882. The molecule has 0 radical (unpaired) electrons. The van der Waals surface area contributed by atoms with Crippen LogP contribution in [0.5, 0.6) is 0 Å². The van der Waals surface area contributed by atoms with E-state index in [-0.39, 0.29) is 18.2 Å². The second kappa shape index (κ2) is 5.94. The molecule has 2 amide bonds. The van der Waals surface area contributed by atoms with Crippen LogP contribution in [-0.2, 0) is 9.59 Å². The van der Waals surface area contributed by atoms with Gasteiger partial charge < -0.3 is 15.5 Å². The van der Waals surface area contributed by atoms with Gasteiger partial charge in [-0.25, -0.2) is 0 Å². The molecule has 2 N–H and O–H groups in total. The van der Waals surface area contributed by atoms with E-state index in [9.17, 15) is 9.59 Å². The highest BCUT2D eigenvalue weighted by atomic mass is 16.2. The molecule has 1 aromatic carbocycles. The van der Waals surface area contributed by atoms with Crippen molar-refractivity contribution in [2.45, 2.75) is 20.3 Å². The molecular formula is C15H21N3O2. The first-order valence-corrected chi connectivity index (χ1v) is 7.01. The summed E-state index contributed by atoms with van der Waals surface area (Å²) in [6, 6.07) is 7.87. The highest BCUT2D eigenvalue weighted by Gasteiger charge is 2.33. The Bertz CT molecular complexity index is 494. The van der Waals surface area contributed by atoms with E-state index in [1.807, 2.05) is 24.3 Å².